The fraction of sp³-hybridized carbons (Fsp3) is 0.478. The average Bonchev–Trinajstić information content (AvgIpc) is 2.69. The first-order valence-electron chi connectivity index (χ1n) is 10.5. The van der Waals surface area contributed by atoms with Crippen LogP contribution in [-0.4, -0.2) is 34.5 Å². The normalized spacial score (nSPS) is 11.0. The molecule has 0 aliphatic rings. The number of nitrogens with zero attached hydrogens (tertiary/aromatic N) is 2. The van der Waals surface area contributed by atoms with Gasteiger partial charge in [-0.15, -0.1) is 0 Å². The Labute approximate surface area is 177 Å². The highest BCUT2D eigenvalue weighted by molar-refractivity contribution is 5.99. The Morgan fingerprint density at radius 2 is 1.63 bits per heavy atom. The van der Waals surface area contributed by atoms with Crippen LogP contribution in [0.3, 0.4) is 0 Å². The van der Waals surface area contributed by atoms with Gasteiger partial charge in [0.25, 0.3) is 11.8 Å². The van der Waals surface area contributed by atoms with Gasteiger partial charge in [-0.3, -0.25) is 19.4 Å². The molecule has 7 heteroatoms. The van der Waals surface area contributed by atoms with Crippen molar-refractivity contribution < 1.29 is 9.59 Å². The van der Waals surface area contributed by atoms with Crippen LogP contribution in [0, 0.1) is 11.8 Å². The molecule has 2 amide bonds. The predicted molar refractivity (Wildman–Crippen MR) is 118 cm³/mol. The largest absolute Gasteiger partial charge is 0.352 e. The molecule has 0 spiro atoms. The van der Waals surface area contributed by atoms with E-state index in [-0.39, 0.29) is 11.1 Å². The van der Waals surface area contributed by atoms with Crippen molar-refractivity contribution in [1.29, 1.82) is 0 Å². The van der Waals surface area contributed by atoms with Gasteiger partial charge in [0.1, 0.15) is 11.1 Å². The Balaban J connectivity index is 2.18. The topological polar surface area (TPSA) is 93.1 Å². The molecule has 0 aliphatic heterocycles. The third-order valence-corrected chi connectivity index (χ3v) is 4.57. The summed E-state index contributed by atoms with van der Waals surface area (Å²) in [6.45, 7) is 9.67. The monoisotopic (exact) mass is 412 g/mol. The summed E-state index contributed by atoms with van der Waals surface area (Å²) >= 11 is 0. The summed E-state index contributed by atoms with van der Waals surface area (Å²) < 4.78 is 1.75. The van der Waals surface area contributed by atoms with Crippen LogP contribution >= 0.6 is 0 Å². The molecule has 0 bridgehead atoms. The van der Waals surface area contributed by atoms with Gasteiger partial charge in [0.2, 0.25) is 5.43 Å². The van der Waals surface area contributed by atoms with Crippen LogP contribution in [0.25, 0.3) is 0 Å². The van der Waals surface area contributed by atoms with Crippen LogP contribution in [0.1, 0.15) is 60.4 Å². The van der Waals surface area contributed by atoms with Crippen molar-refractivity contribution in [3.05, 3.63) is 63.8 Å². The van der Waals surface area contributed by atoms with E-state index in [9.17, 15) is 14.4 Å². The maximum atomic E-state index is 12.9. The first-order chi connectivity index (χ1) is 14.3. The molecule has 0 saturated heterocycles. The highest BCUT2D eigenvalue weighted by atomic mass is 16.2. The number of aromatic nitrogens is 2. The number of nitrogens with one attached hydrogen (secondary N) is 2. The van der Waals surface area contributed by atoms with Crippen LogP contribution in [0.2, 0.25) is 0 Å². The fourth-order valence-corrected chi connectivity index (χ4v) is 3.01. The summed E-state index contributed by atoms with van der Waals surface area (Å²) in [5.74, 6) is -0.174. The van der Waals surface area contributed by atoms with E-state index in [4.69, 9.17) is 0 Å². The number of carbonyl (C=O) groups excluding carboxylic acids is 2. The Hall–Kier alpha value is -2.96. The third kappa shape index (κ3) is 7.13. The van der Waals surface area contributed by atoms with Gasteiger partial charge >= 0.3 is 0 Å². The third-order valence-electron chi connectivity index (χ3n) is 4.57. The first kappa shape index (κ1) is 23.3. The number of hydrogen-bond donors (Lipinski definition) is 2. The van der Waals surface area contributed by atoms with E-state index < -0.39 is 17.2 Å². The lowest BCUT2D eigenvalue weighted by atomic mass is 10.1. The summed E-state index contributed by atoms with van der Waals surface area (Å²) in [6.07, 6.45) is 7.93. The van der Waals surface area contributed by atoms with Crippen molar-refractivity contribution in [2.45, 2.75) is 47.1 Å². The minimum absolute atomic E-state index is 0.000634. The summed E-state index contributed by atoms with van der Waals surface area (Å²) in [6, 6.07) is 3.76. The lowest BCUT2D eigenvalue weighted by Crippen LogP contribution is -2.36. The van der Waals surface area contributed by atoms with Crippen molar-refractivity contribution >= 4 is 11.8 Å². The van der Waals surface area contributed by atoms with Crippen LogP contribution in [-0.2, 0) is 13.0 Å². The molecule has 0 atom stereocenters. The fourth-order valence-electron chi connectivity index (χ4n) is 3.01. The van der Waals surface area contributed by atoms with Crippen LogP contribution in [0.4, 0.5) is 0 Å². The summed E-state index contributed by atoms with van der Waals surface area (Å²) in [4.78, 5) is 42.2. The van der Waals surface area contributed by atoms with Crippen molar-refractivity contribution in [1.82, 2.24) is 20.2 Å². The zero-order valence-electron chi connectivity index (χ0n) is 18.3. The SMILES string of the molecule is CC(C)CCNC(=O)c1cn(CC(C)C)cc(C(=O)NCCc2cccnc2)c1=O. The smallest absolute Gasteiger partial charge is 0.256 e. The quantitative estimate of drug-likeness (QED) is 0.627. The molecule has 7 nitrogen and oxygen atoms in total. The summed E-state index contributed by atoms with van der Waals surface area (Å²) in [5, 5.41) is 5.57. The van der Waals surface area contributed by atoms with E-state index in [0.717, 1.165) is 12.0 Å². The van der Waals surface area contributed by atoms with E-state index >= 15 is 0 Å². The lowest BCUT2D eigenvalue weighted by molar-refractivity contribution is 0.0949. The minimum atomic E-state index is -0.545. The molecule has 0 aliphatic carbocycles. The molecule has 0 aromatic carbocycles. The van der Waals surface area contributed by atoms with E-state index in [2.05, 4.69) is 29.5 Å². The number of pyridine rings is 2. The maximum Gasteiger partial charge on any atom is 0.256 e. The van der Waals surface area contributed by atoms with Crippen molar-refractivity contribution in [3.63, 3.8) is 0 Å². The highest BCUT2D eigenvalue weighted by Crippen LogP contribution is 2.05. The average molecular weight is 413 g/mol. The highest BCUT2D eigenvalue weighted by Gasteiger charge is 2.19. The Kier molecular flexibility index (Phi) is 8.77. The number of hydrogen-bond acceptors (Lipinski definition) is 4. The summed E-state index contributed by atoms with van der Waals surface area (Å²) in [7, 11) is 0. The molecule has 2 aromatic rings. The van der Waals surface area contributed by atoms with E-state index in [1.54, 1.807) is 23.2 Å². The standard InChI is InChI=1S/C23H32N4O3/c1-16(2)7-10-25-22(29)19-14-27(13-17(3)4)15-20(21(19)28)23(30)26-11-8-18-6-5-9-24-12-18/h5-6,9,12,14-17H,7-8,10-11,13H2,1-4H3,(H,25,29)(H,26,30). The molecule has 2 heterocycles. The molecule has 2 rings (SSSR count). The van der Waals surface area contributed by atoms with Crippen LogP contribution < -0.4 is 16.1 Å². The molecule has 30 heavy (non-hydrogen) atoms. The van der Waals surface area contributed by atoms with Crippen molar-refractivity contribution in [3.8, 4) is 0 Å². The van der Waals surface area contributed by atoms with Gasteiger partial charge in [0, 0.05) is 44.4 Å². The summed E-state index contributed by atoms with van der Waals surface area (Å²) in [5.41, 5.74) is 0.432. The zero-order valence-corrected chi connectivity index (χ0v) is 18.3. The molecule has 2 aromatic heterocycles. The van der Waals surface area contributed by atoms with E-state index in [0.29, 0.717) is 37.9 Å². The molecule has 0 radical (unpaired) electrons. The van der Waals surface area contributed by atoms with Crippen LogP contribution in [0.15, 0.2) is 41.7 Å². The number of amides is 2. The Morgan fingerprint density at radius 1 is 1.00 bits per heavy atom. The zero-order chi connectivity index (χ0) is 22.1. The molecular weight excluding hydrogens is 380 g/mol. The molecule has 0 fully saturated rings. The molecule has 0 saturated carbocycles. The maximum absolute atomic E-state index is 12.9. The number of carbonyl (C=O) groups is 2. The molecular formula is C23H32N4O3. The van der Waals surface area contributed by atoms with Gasteiger partial charge in [-0.1, -0.05) is 33.8 Å². The van der Waals surface area contributed by atoms with E-state index in [1.807, 2.05) is 26.0 Å². The van der Waals surface area contributed by atoms with Crippen molar-refractivity contribution in [2.75, 3.05) is 13.1 Å². The Bertz CT molecular complexity index is 904. The second-order valence-corrected chi connectivity index (χ2v) is 8.31. The number of rotatable bonds is 10. The second-order valence-electron chi connectivity index (χ2n) is 8.31. The minimum Gasteiger partial charge on any atom is -0.352 e. The Morgan fingerprint density at radius 3 is 2.17 bits per heavy atom. The second kappa shape index (κ2) is 11.3. The predicted octanol–water partition coefficient (Wildman–Crippen LogP) is 2.65. The van der Waals surface area contributed by atoms with Gasteiger partial charge < -0.3 is 15.2 Å². The van der Waals surface area contributed by atoms with Gasteiger partial charge in [0.05, 0.1) is 0 Å². The molecule has 162 valence electrons. The van der Waals surface area contributed by atoms with Gasteiger partial charge in [-0.05, 0) is 36.3 Å². The van der Waals surface area contributed by atoms with E-state index in [1.165, 1.54) is 6.20 Å². The molecule has 0 unspecified atom stereocenters. The lowest BCUT2D eigenvalue weighted by Gasteiger charge is -2.14. The van der Waals surface area contributed by atoms with Crippen molar-refractivity contribution in [2.24, 2.45) is 11.8 Å². The van der Waals surface area contributed by atoms with Crippen LogP contribution in [0.5, 0.6) is 0 Å². The first-order valence-corrected chi connectivity index (χ1v) is 10.5. The van der Waals surface area contributed by atoms with Gasteiger partial charge in [0.15, 0.2) is 0 Å². The molecule has 2 N–H and O–H groups in total. The van der Waals surface area contributed by atoms with Gasteiger partial charge in [-0.2, -0.15) is 0 Å². The van der Waals surface area contributed by atoms with Gasteiger partial charge in [-0.25, -0.2) is 0 Å².